The smallest absolute Gasteiger partial charge is 0.373 e. The molecular formula is C34H42F4N6. The Balaban J connectivity index is 0.00000216. The molecule has 1 N–H and O–H groups in total. The molecule has 4 heterocycles. The van der Waals surface area contributed by atoms with Crippen molar-refractivity contribution in [2.75, 3.05) is 38.0 Å². The number of nitrogens with zero attached hydrogens (tertiary/aromatic N) is 5. The maximum Gasteiger partial charge on any atom is 0.406 e. The second kappa shape index (κ2) is 14.5. The first-order chi connectivity index (χ1) is 21.0. The molecule has 2 aliphatic heterocycles. The van der Waals surface area contributed by atoms with Gasteiger partial charge in [-0.1, -0.05) is 19.8 Å². The molecule has 0 radical (unpaired) electrons. The van der Waals surface area contributed by atoms with Crippen LogP contribution in [0.1, 0.15) is 70.3 Å². The molecular weight excluding hydrogens is 568 g/mol. The predicted octanol–water partition coefficient (Wildman–Crippen LogP) is 7.09. The van der Waals surface area contributed by atoms with Crippen molar-refractivity contribution in [3.63, 3.8) is 0 Å². The van der Waals surface area contributed by atoms with Crippen LogP contribution in [0.4, 0.5) is 23.2 Å². The first-order valence-electron chi connectivity index (χ1n) is 15.5. The fraction of sp³-hybridized carbons (Fsp3) is 0.529. The van der Waals surface area contributed by atoms with Crippen molar-refractivity contribution in [2.45, 2.75) is 84.1 Å². The molecule has 6 nitrogen and oxygen atoms in total. The minimum atomic E-state index is -4.49. The normalized spacial score (nSPS) is 16.6. The van der Waals surface area contributed by atoms with Gasteiger partial charge in [-0.3, -0.25) is 9.88 Å². The highest BCUT2D eigenvalue weighted by Gasteiger charge is 2.31. The largest absolute Gasteiger partial charge is 0.406 e. The predicted molar refractivity (Wildman–Crippen MR) is 167 cm³/mol. The van der Waals surface area contributed by atoms with Crippen LogP contribution in [0.25, 0.3) is 10.9 Å². The molecule has 0 saturated carbocycles. The summed E-state index contributed by atoms with van der Waals surface area (Å²) < 4.78 is 56.6. The number of nitriles is 1. The summed E-state index contributed by atoms with van der Waals surface area (Å²) in [5, 5.41) is 13.0. The zero-order chi connectivity index (χ0) is 31.9. The minimum Gasteiger partial charge on any atom is -0.373 e. The molecule has 2 aromatic heterocycles. The van der Waals surface area contributed by atoms with Crippen molar-refractivity contribution in [1.82, 2.24) is 19.4 Å². The summed E-state index contributed by atoms with van der Waals surface area (Å²) >= 11 is 0. The Hall–Kier alpha value is -3.60. The van der Waals surface area contributed by atoms with Gasteiger partial charge >= 0.3 is 6.18 Å². The van der Waals surface area contributed by atoms with Crippen LogP contribution in [0, 0.1) is 29.0 Å². The third-order valence-electron chi connectivity index (χ3n) is 8.30. The molecule has 10 heteroatoms. The van der Waals surface area contributed by atoms with E-state index in [0.717, 1.165) is 43.6 Å². The van der Waals surface area contributed by atoms with Crippen LogP contribution in [-0.4, -0.2) is 64.3 Å². The number of halogens is 4. The van der Waals surface area contributed by atoms with E-state index in [2.05, 4.69) is 38.0 Å². The molecule has 236 valence electrons. The number of hydrogen-bond donors (Lipinski definition) is 1. The fourth-order valence-corrected chi connectivity index (χ4v) is 5.97. The van der Waals surface area contributed by atoms with E-state index in [0.29, 0.717) is 34.9 Å². The molecule has 2 aliphatic rings. The summed E-state index contributed by atoms with van der Waals surface area (Å²) in [5.41, 5.74) is 1.66. The lowest BCUT2D eigenvalue weighted by Gasteiger charge is -2.36. The highest BCUT2D eigenvalue weighted by Crippen LogP contribution is 2.30. The molecule has 0 unspecified atom stereocenters. The van der Waals surface area contributed by atoms with Gasteiger partial charge < -0.3 is 14.8 Å². The van der Waals surface area contributed by atoms with Crippen LogP contribution in [0.2, 0.25) is 0 Å². The average Bonchev–Trinajstić information content (AvgIpc) is 3.65. The summed E-state index contributed by atoms with van der Waals surface area (Å²) in [7, 11) is 0. The third-order valence-corrected chi connectivity index (χ3v) is 8.30. The number of anilines is 1. The Morgan fingerprint density at radius 1 is 1.02 bits per heavy atom. The average molecular weight is 611 g/mol. The van der Waals surface area contributed by atoms with Gasteiger partial charge in [-0.2, -0.15) is 18.4 Å². The summed E-state index contributed by atoms with van der Waals surface area (Å²) in [4.78, 5) is 9.16. The van der Waals surface area contributed by atoms with Crippen molar-refractivity contribution in [1.29, 1.82) is 5.26 Å². The zero-order valence-electron chi connectivity index (χ0n) is 26.1. The van der Waals surface area contributed by atoms with E-state index in [4.69, 9.17) is 0 Å². The lowest BCUT2D eigenvalue weighted by Crippen LogP contribution is -2.43. The lowest BCUT2D eigenvalue weighted by atomic mass is 9.91. The van der Waals surface area contributed by atoms with Gasteiger partial charge in [-0.15, -0.1) is 0 Å². The van der Waals surface area contributed by atoms with E-state index in [-0.39, 0.29) is 17.8 Å². The monoisotopic (exact) mass is 610 g/mol. The van der Waals surface area contributed by atoms with Crippen LogP contribution < -0.4 is 5.32 Å². The van der Waals surface area contributed by atoms with Gasteiger partial charge in [0, 0.05) is 18.0 Å². The summed E-state index contributed by atoms with van der Waals surface area (Å²) in [6.45, 7) is 11.0. The van der Waals surface area contributed by atoms with Gasteiger partial charge in [0.15, 0.2) is 0 Å². The highest BCUT2D eigenvalue weighted by molar-refractivity contribution is 5.86. The summed E-state index contributed by atoms with van der Waals surface area (Å²) in [6, 6.07) is 10.6. The Morgan fingerprint density at radius 3 is 2.34 bits per heavy atom. The number of benzene rings is 1. The molecule has 2 saturated heterocycles. The Labute approximate surface area is 258 Å². The second-order valence-electron chi connectivity index (χ2n) is 11.8. The van der Waals surface area contributed by atoms with Crippen LogP contribution in [0.5, 0.6) is 0 Å². The van der Waals surface area contributed by atoms with Crippen LogP contribution in [0.15, 0.2) is 36.5 Å². The number of likely N-dealkylation sites (tertiary alicyclic amines) is 2. The third kappa shape index (κ3) is 8.31. The van der Waals surface area contributed by atoms with Crippen molar-refractivity contribution in [3.8, 4) is 17.9 Å². The quantitative estimate of drug-likeness (QED) is 0.229. The molecule has 0 bridgehead atoms. The Kier molecular flexibility index (Phi) is 10.9. The molecule has 1 aromatic carbocycles. The van der Waals surface area contributed by atoms with Crippen molar-refractivity contribution in [3.05, 3.63) is 59.3 Å². The van der Waals surface area contributed by atoms with Gasteiger partial charge in [-0.25, -0.2) is 4.39 Å². The standard InChI is InChI=1S/C32H36F4N6.C2H6/c1-31(2,21-37)30-8-7-25(19-39-30)38-11-5-6-27-18-28-23(16-24(33)17-29(28)42(27)22-32(34,35)36)20-40-14-9-26(10-15-40)41-12-3-4-13-41;1-2/h7-8,16-19,26,38H,3-4,9-15,20,22H2,1-2H3;1-2H3. The number of pyridine rings is 1. The van der Waals surface area contributed by atoms with E-state index >= 15 is 0 Å². The zero-order valence-corrected chi connectivity index (χ0v) is 26.1. The Bertz CT molecular complexity index is 1490. The summed E-state index contributed by atoms with van der Waals surface area (Å²) in [5.74, 6) is 5.22. The van der Waals surface area contributed by atoms with Crippen molar-refractivity contribution in [2.24, 2.45) is 0 Å². The van der Waals surface area contributed by atoms with E-state index in [1.54, 1.807) is 38.2 Å². The van der Waals surface area contributed by atoms with Crippen LogP contribution >= 0.6 is 0 Å². The molecule has 0 aliphatic carbocycles. The van der Waals surface area contributed by atoms with Crippen LogP contribution in [-0.2, 0) is 18.5 Å². The Morgan fingerprint density at radius 2 is 1.73 bits per heavy atom. The van der Waals surface area contributed by atoms with E-state index in [9.17, 15) is 22.8 Å². The second-order valence-corrected chi connectivity index (χ2v) is 11.8. The topological polar surface area (TPSA) is 60.1 Å². The number of alkyl halides is 3. The highest BCUT2D eigenvalue weighted by atomic mass is 19.4. The van der Waals surface area contributed by atoms with E-state index in [1.165, 1.54) is 25.0 Å². The SMILES string of the molecule is CC.CC(C)(C#N)c1ccc(NCC#Cc2cc3c(CN4CCC(N5CCCC5)CC4)cc(F)cc3n2CC(F)(F)F)cn1. The van der Waals surface area contributed by atoms with Gasteiger partial charge in [0.25, 0.3) is 0 Å². The van der Waals surface area contributed by atoms with Gasteiger partial charge in [-0.05, 0) is 108 Å². The maximum absolute atomic E-state index is 14.8. The van der Waals surface area contributed by atoms with Gasteiger partial charge in [0.1, 0.15) is 12.4 Å². The summed E-state index contributed by atoms with van der Waals surface area (Å²) in [6.07, 6.45) is 1.71. The number of hydrogen-bond acceptors (Lipinski definition) is 5. The molecule has 3 aromatic rings. The molecule has 5 rings (SSSR count). The molecule has 44 heavy (non-hydrogen) atoms. The van der Waals surface area contributed by atoms with Crippen LogP contribution in [0.3, 0.4) is 0 Å². The number of rotatable bonds is 7. The molecule has 0 spiro atoms. The first kappa shape index (κ1) is 33.3. The number of piperidine rings is 1. The lowest BCUT2D eigenvalue weighted by molar-refractivity contribution is -0.140. The van der Waals surface area contributed by atoms with Crippen molar-refractivity contribution < 1.29 is 17.6 Å². The minimum absolute atomic E-state index is 0.170. The van der Waals surface area contributed by atoms with Gasteiger partial charge in [0.05, 0.1) is 46.8 Å². The van der Waals surface area contributed by atoms with Crippen molar-refractivity contribution >= 4 is 16.6 Å². The molecule has 0 atom stereocenters. The van der Waals surface area contributed by atoms with E-state index in [1.807, 2.05) is 13.8 Å². The fourth-order valence-electron chi connectivity index (χ4n) is 5.97. The first-order valence-corrected chi connectivity index (χ1v) is 15.5. The number of nitrogens with one attached hydrogen (secondary N) is 1. The number of aromatic nitrogens is 2. The molecule has 0 amide bonds. The molecule has 2 fully saturated rings. The van der Waals surface area contributed by atoms with E-state index < -0.39 is 24.0 Å². The number of fused-ring (bicyclic) bond motifs is 1. The van der Waals surface area contributed by atoms with Gasteiger partial charge in [0.2, 0.25) is 0 Å². The maximum atomic E-state index is 14.8.